The van der Waals surface area contributed by atoms with E-state index in [0.717, 1.165) is 4.90 Å². The van der Waals surface area contributed by atoms with Crippen LogP contribution in [-0.2, 0) is 33.5 Å². The minimum absolute atomic E-state index is 0.0767. The third-order valence-electron chi connectivity index (χ3n) is 6.89. The Hall–Kier alpha value is -5.47. The molecular formula is C31H38N4O15. The van der Waals surface area contributed by atoms with Crippen LogP contribution in [0.2, 0.25) is 0 Å². The van der Waals surface area contributed by atoms with Crippen LogP contribution in [0.4, 0.5) is 0 Å². The molecule has 50 heavy (non-hydrogen) atoms. The standard InChI is InChI=1S/C31H38N4O15/c36-19-49-18-35(16-29(44)45)22(12-33(13-26(38)39)8-9-34(14-27(40)41)15-28(42)43)17-50-25-7-6-21(20-4-2-1-3-5-20)10-23(25)30(46)32-11-24(37)31(47)48/h1-7,10,22,36H,8-9,11-19H2,(H,32,46)(H,38,39)(H,40,41)(H,42,43)(H,44,45)(H,47,48). The van der Waals surface area contributed by atoms with E-state index in [2.05, 4.69) is 5.32 Å². The Balaban J connectivity index is 2.48. The average Bonchev–Trinajstić information content (AvgIpc) is 3.05. The number of Topliss-reactive ketones (excluding diaryl/α,β-unsaturated/α-hetero) is 1. The first-order valence-corrected chi connectivity index (χ1v) is 14.8. The second-order valence-corrected chi connectivity index (χ2v) is 10.7. The molecule has 0 aliphatic carbocycles. The fourth-order valence-electron chi connectivity index (χ4n) is 4.65. The van der Waals surface area contributed by atoms with E-state index in [-0.39, 0.29) is 30.9 Å². The first kappa shape index (κ1) is 40.7. The number of carboxylic acid groups (broad SMARTS) is 5. The Morgan fingerprint density at radius 1 is 0.720 bits per heavy atom. The minimum atomic E-state index is -1.76. The van der Waals surface area contributed by atoms with E-state index in [9.17, 15) is 59.1 Å². The van der Waals surface area contributed by atoms with Crippen molar-refractivity contribution in [3.63, 3.8) is 0 Å². The molecule has 0 heterocycles. The number of hydrogen-bond donors (Lipinski definition) is 7. The summed E-state index contributed by atoms with van der Waals surface area (Å²) in [5.74, 6) is -9.26. The molecule has 1 unspecified atom stereocenters. The van der Waals surface area contributed by atoms with Crippen molar-refractivity contribution in [3.05, 3.63) is 54.1 Å². The summed E-state index contributed by atoms with van der Waals surface area (Å²) in [6.07, 6.45) is 0. The molecule has 0 aliphatic heterocycles. The van der Waals surface area contributed by atoms with Gasteiger partial charge in [0, 0.05) is 19.6 Å². The summed E-state index contributed by atoms with van der Waals surface area (Å²) < 4.78 is 11.0. The molecule has 2 aromatic carbocycles. The van der Waals surface area contributed by atoms with Gasteiger partial charge in [0.2, 0.25) is 0 Å². The van der Waals surface area contributed by atoms with Crippen molar-refractivity contribution in [3.8, 4) is 16.9 Å². The van der Waals surface area contributed by atoms with Crippen molar-refractivity contribution < 1.29 is 73.7 Å². The predicted molar refractivity (Wildman–Crippen MR) is 169 cm³/mol. The van der Waals surface area contributed by atoms with Crippen LogP contribution in [0.5, 0.6) is 5.75 Å². The van der Waals surface area contributed by atoms with Crippen molar-refractivity contribution in [2.24, 2.45) is 0 Å². The second kappa shape index (κ2) is 20.8. The minimum Gasteiger partial charge on any atom is -0.491 e. The highest BCUT2D eigenvalue weighted by atomic mass is 16.6. The van der Waals surface area contributed by atoms with Crippen LogP contribution >= 0.6 is 0 Å². The van der Waals surface area contributed by atoms with Gasteiger partial charge in [-0.15, -0.1) is 0 Å². The topological polar surface area (TPSA) is 281 Å². The summed E-state index contributed by atoms with van der Waals surface area (Å²) in [6.45, 7) is -5.81. The number of rotatable bonds is 25. The molecule has 0 fully saturated rings. The van der Waals surface area contributed by atoms with Gasteiger partial charge in [0.15, 0.2) is 0 Å². The molecular weight excluding hydrogens is 668 g/mol. The highest BCUT2D eigenvalue weighted by Gasteiger charge is 2.27. The molecule has 0 bridgehead atoms. The number of benzene rings is 2. The maximum atomic E-state index is 13.2. The van der Waals surface area contributed by atoms with E-state index < -0.39 is 100 Å². The summed E-state index contributed by atoms with van der Waals surface area (Å²) in [7, 11) is 0. The van der Waals surface area contributed by atoms with Crippen molar-refractivity contribution in [1.29, 1.82) is 0 Å². The molecule has 2 rings (SSSR count). The fraction of sp³-hybridized carbons (Fsp3) is 0.387. The van der Waals surface area contributed by atoms with Gasteiger partial charge < -0.3 is 45.4 Å². The van der Waals surface area contributed by atoms with Crippen molar-refractivity contribution in [1.82, 2.24) is 20.0 Å². The second-order valence-electron chi connectivity index (χ2n) is 10.7. The quantitative estimate of drug-likeness (QED) is 0.0464. The molecule has 0 spiro atoms. The number of carbonyl (C=O) groups is 7. The Labute approximate surface area is 284 Å². The first-order valence-electron chi connectivity index (χ1n) is 14.8. The highest BCUT2D eigenvalue weighted by Crippen LogP contribution is 2.27. The maximum Gasteiger partial charge on any atom is 0.374 e. The summed E-state index contributed by atoms with van der Waals surface area (Å²) in [6, 6.07) is 12.2. The number of carbonyl (C=O) groups excluding carboxylic acids is 2. The monoisotopic (exact) mass is 706 g/mol. The van der Waals surface area contributed by atoms with Crippen LogP contribution in [0.15, 0.2) is 48.5 Å². The van der Waals surface area contributed by atoms with Crippen LogP contribution in [0, 0.1) is 0 Å². The van der Waals surface area contributed by atoms with Crippen LogP contribution in [0.25, 0.3) is 11.1 Å². The van der Waals surface area contributed by atoms with Gasteiger partial charge in [-0.1, -0.05) is 36.4 Å². The van der Waals surface area contributed by atoms with Gasteiger partial charge in [-0.25, -0.2) is 4.79 Å². The molecule has 0 saturated carbocycles. The average molecular weight is 707 g/mol. The molecule has 7 N–H and O–H groups in total. The zero-order chi connectivity index (χ0) is 37.2. The van der Waals surface area contributed by atoms with Gasteiger partial charge in [0.1, 0.15) is 25.9 Å². The lowest BCUT2D eigenvalue weighted by Gasteiger charge is -2.34. The number of ketones is 1. The first-order chi connectivity index (χ1) is 23.7. The lowest BCUT2D eigenvalue weighted by molar-refractivity contribution is -0.148. The number of aliphatic hydroxyl groups is 1. The van der Waals surface area contributed by atoms with Gasteiger partial charge in [0.25, 0.3) is 11.7 Å². The highest BCUT2D eigenvalue weighted by molar-refractivity contribution is 6.34. The number of aliphatic hydroxyl groups excluding tert-OH is 1. The van der Waals surface area contributed by atoms with Gasteiger partial charge in [-0.3, -0.25) is 43.5 Å². The zero-order valence-electron chi connectivity index (χ0n) is 26.7. The molecule has 0 aromatic heterocycles. The lowest BCUT2D eigenvalue weighted by atomic mass is 10.0. The van der Waals surface area contributed by atoms with Crippen LogP contribution < -0.4 is 10.1 Å². The van der Waals surface area contributed by atoms with Gasteiger partial charge in [-0.05, 0) is 23.3 Å². The van der Waals surface area contributed by atoms with E-state index in [1.165, 1.54) is 21.9 Å². The SMILES string of the molecule is O=C(O)CN(CCN(CC(=O)O)CC(COc1ccc(-c2ccccc2)cc1C(=O)NCC(=O)C(=O)O)N(COCO)CC(=O)O)CC(=O)O. The summed E-state index contributed by atoms with van der Waals surface area (Å²) in [5.41, 5.74) is 1.12. The molecule has 2 aromatic rings. The third-order valence-corrected chi connectivity index (χ3v) is 6.89. The normalized spacial score (nSPS) is 11.7. The summed E-state index contributed by atoms with van der Waals surface area (Å²) in [5, 5.41) is 57.9. The molecule has 0 aliphatic rings. The Morgan fingerprint density at radius 2 is 1.30 bits per heavy atom. The van der Waals surface area contributed by atoms with Gasteiger partial charge in [-0.2, -0.15) is 0 Å². The third kappa shape index (κ3) is 14.7. The number of nitrogens with one attached hydrogen (secondary N) is 1. The summed E-state index contributed by atoms with van der Waals surface area (Å²) in [4.78, 5) is 85.5. The molecule has 19 heteroatoms. The van der Waals surface area contributed by atoms with Crippen LogP contribution in [0.1, 0.15) is 10.4 Å². The van der Waals surface area contributed by atoms with Gasteiger partial charge in [0.05, 0.1) is 44.3 Å². The fourth-order valence-corrected chi connectivity index (χ4v) is 4.65. The Morgan fingerprint density at radius 3 is 1.86 bits per heavy atom. The van der Waals surface area contributed by atoms with Gasteiger partial charge >= 0.3 is 29.8 Å². The number of ether oxygens (including phenoxy) is 2. The predicted octanol–water partition coefficient (Wildman–Crippen LogP) is -1.35. The van der Waals surface area contributed by atoms with E-state index in [1.54, 1.807) is 36.4 Å². The molecule has 272 valence electrons. The van der Waals surface area contributed by atoms with E-state index >= 15 is 0 Å². The van der Waals surface area contributed by atoms with E-state index in [0.29, 0.717) is 11.1 Å². The number of hydrogen-bond acceptors (Lipinski definition) is 13. The smallest absolute Gasteiger partial charge is 0.374 e. The molecule has 1 amide bonds. The molecule has 19 nitrogen and oxygen atoms in total. The maximum absolute atomic E-state index is 13.2. The number of amides is 1. The van der Waals surface area contributed by atoms with Crippen LogP contribution in [0.3, 0.4) is 0 Å². The molecule has 1 atom stereocenters. The Kier molecular flexibility index (Phi) is 16.9. The Bertz CT molecular complexity index is 1490. The number of aliphatic carboxylic acids is 5. The molecule has 0 radical (unpaired) electrons. The van der Waals surface area contributed by atoms with Crippen molar-refractivity contribution in [2.75, 3.05) is 72.5 Å². The van der Waals surface area contributed by atoms with Crippen LogP contribution in [-0.4, -0.2) is 165 Å². The number of carboxylic acids is 5. The lowest BCUT2D eigenvalue weighted by Crippen LogP contribution is -2.52. The van der Waals surface area contributed by atoms with Crippen molar-refractivity contribution >= 4 is 41.5 Å². The largest absolute Gasteiger partial charge is 0.491 e. The summed E-state index contributed by atoms with van der Waals surface area (Å²) >= 11 is 0. The molecule has 0 saturated heterocycles. The van der Waals surface area contributed by atoms with E-state index in [1.807, 2.05) is 0 Å². The zero-order valence-corrected chi connectivity index (χ0v) is 26.7. The number of nitrogens with zero attached hydrogens (tertiary/aromatic N) is 3. The van der Waals surface area contributed by atoms with E-state index in [4.69, 9.17) is 14.6 Å². The van der Waals surface area contributed by atoms with Crippen molar-refractivity contribution in [2.45, 2.75) is 6.04 Å².